The van der Waals surface area contributed by atoms with Crippen molar-refractivity contribution in [3.05, 3.63) is 156 Å². The zero-order chi connectivity index (χ0) is 46.6. The molecule has 10 aromatic rings. The van der Waals surface area contributed by atoms with Gasteiger partial charge in [-0.2, -0.15) is 0 Å². The third kappa shape index (κ3) is 9.16. The zero-order valence-corrected chi connectivity index (χ0v) is 44.4. The molecule has 0 fully saturated rings. The average molecular weight is 1080 g/mol. The minimum absolute atomic E-state index is 0. The fraction of sp³-hybridized carbons (Fsp3) is 0.288. The maximum absolute atomic E-state index is 6.64. The van der Waals surface area contributed by atoms with Crippen LogP contribution in [0.3, 0.4) is 0 Å². The van der Waals surface area contributed by atoms with E-state index in [4.69, 9.17) is 19.4 Å². The van der Waals surface area contributed by atoms with Gasteiger partial charge in [0.2, 0.25) is 5.71 Å². The molecule has 343 valence electrons. The summed E-state index contributed by atoms with van der Waals surface area (Å²) in [6, 6.07) is 45.1. The van der Waals surface area contributed by atoms with E-state index in [9.17, 15) is 0 Å². The summed E-state index contributed by atoms with van der Waals surface area (Å²) in [6.07, 6.45) is 3.24. The van der Waals surface area contributed by atoms with Crippen molar-refractivity contribution in [3.63, 3.8) is 0 Å². The summed E-state index contributed by atoms with van der Waals surface area (Å²) < 4.78 is 9.00. The second kappa shape index (κ2) is 19.1. The quantitative estimate of drug-likeness (QED) is 0.106. The molecule has 0 atom stereocenters. The maximum Gasteiger partial charge on any atom is 0.216 e. The Balaban J connectivity index is 0.000000244. The van der Waals surface area contributed by atoms with Crippen molar-refractivity contribution in [2.24, 2.45) is 5.92 Å². The van der Waals surface area contributed by atoms with Gasteiger partial charge in [0, 0.05) is 54.1 Å². The molecule has 67 heavy (non-hydrogen) atoms. The normalized spacial score (nSPS) is 12.1. The molecule has 0 N–H and O–H groups in total. The number of aryl methyl sites for hydroxylation is 1. The molecule has 10 rings (SSSR count). The molecule has 6 nitrogen and oxygen atoms in total. The average Bonchev–Trinajstić information content (AvgIpc) is 3.87. The number of fused-ring (bicyclic) bond motifs is 7. The Morgan fingerprint density at radius 3 is 2.15 bits per heavy atom. The van der Waals surface area contributed by atoms with Crippen molar-refractivity contribution in [2.45, 2.75) is 106 Å². The van der Waals surface area contributed by atoms with Crippen LogP contribution in [0.4, 0.5) is 0 Å². The first kappa shape index (κ1) is 47.7. The molecule has 0 aliphatic heterocycles. The first-order valence-electron chi connectivity index (χ1n) is 23.6. The molecule has 0 aliphatic rings. The number of hydrogen-bond acceptors (Lipinski definition) is 5. The topological polar surface area (TPSA) is 69.6 Å². The fourth-order valence-corrected chi connectivity index (χ4v) is 11.1. The van der Waals surface area contributed by atoms with Crippen molar-refractivity contribution in [3.8, 4) is 28.3 Å². The maximum atomic E-state index is 6.64. The van der Waals surface area contributed by atoms with E-state index in [0.29, 0.717) is 17.5 Å². The molecule has 0 spiro atoms. The number of benzene rings is 5. The van der Waals surface area contributed by atoms with Crippen molar-refractivity contribution in [2.75, 3.05) is 0 Å². The van der Waals surface area contributed by atoms with Crippen molar-refractivity contribution in [1.82, 2.24) is 24.5 Å². The van der Waals surface area contributed by atoms with E-state index in [1.807, 2.05) is 24.3 Å². The third-order valence-electron chi connectivity index (χ3n) is 12.7. The number of pyridine rings is 3. The second-order valence-electron chi connectivity index (χ2n) is 20.3. The summed E-state index contributed by atoms with van der Waals surface area (Å²) in [6.45, 7) is 27.2. The monoisotopic (exact) mass is 1080 g/mol. The summed E-state index contributed by atoms with van der Waals surface area (Å²) >= 11 is 0. The molecule has 0 saturated carbocycles. The van der Waals surface area contributed by atoms with Gasteiger partial charge in [-0.3, -0.25) is 9.97 Å². The van der Waals surface area contributed by atoms with Crippen molar-refractivity contribution in [1.29, 1.82) is 0 Å². The van der Waals surface area contributed by atoms with Crippen LogP contribution in [-0.4, -0.2) is 32.6 Å². The molecule has 0 bridgehead atoms. The Kier molecular flexibility index (Phi) is 13.6. The molecule has 5 aromatic heterocycles. The molecule has 0 amide bonds. The predicted octanol–water partition coefficient (Wildman–Crippen LogP) is 15.5. The number of rotatable bonds is 9. The van der Waals surface area contributed by atoms with E-state index in [1.54, 1.807) is 0 Å². The largest absolute Gasteiger partial charge is 0.486 e. The third-order valence-corrected chi connectivity index (χ3v) is 14.7. The van der Waals surface area contributed by atoms with Crippen molar-refractivity contribution < 1.29 is 24.5 Å². The first-order valence-corrected chi connectivity index (χ1v) is 27.1. The van der Waals surface area contributed by atoms with Gasteiger partial charge in [0.15, 0.2) is 0 Å². The van der Waals surface area contributed by atoms with E-state index in [1.165, 1.54) is 38.3 Å². The van der Waals surface area contributed by atoms with Gasteiger partial charge < -0.3 is 14.0 Å². The summed E-state index contributed by atoms with van der Waals surface area (Å²) in [5, 5.41) is 7.09. The van der Waals surface area contributed by atoms with Crippen LogP contribution in [0.5, 0.6) is 0 Å². The molecule has 5 heterocycles. The number of furan rings is 1. The van der Waals surface area contributed by atoms with E-state index in [0.717, 1.165) is 78.7 Å². The Labute approximate surface area is 410 Å². The number of aromatic nitrogens is 5. The molecule has 1 radical (unpaired) electrons. The van der Waals surface area contributed by atoms with Crippen LogP contribution in [0, 0.1) is 25.0 Å². The summed E-state index contributed by atoms with van der Waals surface area (Å²) in [5.41, 5.74) is 14.3. The first-order chi connectivity index (χ1) is 31.6. The minimum atomic E-state index is -1.34. The van der Waals surface area contributed by atoms with E-state index >= 15 is 0 Å². The van der Waals surface area contributed by atoms with Crippen LogP contribution in [0.25, 0.3) is 83.1 Å². The number of hydrogen-bond donors (Lipinski definition) is 0. The zero-order valence-electron chi connectivity index (χ0n) is 41.0. The minimum Gasteiger partial charge on any atom is -0.486 e. The van der Waals surface area contributed by atoms with Gasteiger partial charge in [0.05, 0.1) is 36.0 Å². The second-order valence-corrected chi connectivity index (χ2v) is 25.3. The van der Waals surface area contributed by atoms with Gasteiger partial charge in [-0.05, 0) is 100 Å². The van der Waals surface area contributed by atoms with E-state index in [2.05, 4.69) is 195 Å². The van der Waals surface area contributed by atoms with Gasteiger partial charge in [0.25, 0.3) is 0 Å². The molecular formula is C59H61IrN5OSi-2. The Bertz CT molecular complexity index is 3410. The van der Waals surface area contributed by atoms with Crippen LogP contribution in [0.15, 0.2) is 120 Å². The van der Waals surface area contributed by atoms with E-state index < -0.39 is 8.07 Å². The van der Waals surface area contributed by atoms with Gasteiger partial charge in [-0.15, -0.1) is 54.1 Å². The number of imidazole rings is 1. The number of nitrogens with zero attached hydrogens (tertiary/aromatic N) is 5. The van der Waals surface area contributed by atoms with Crippen LogP contribution in [0.1, 0.15) is 101 Å². The molecule has 0 unspecified atom stereocenters. The van der Waals surface area contributed by atoms with Crippen LogP contribution in [0.2, 0.25) is 19.6 Å². The smallest absolute Gasteiger partial charge is 0.216 e. The molecular weight excluding hydrogens is 1010 g/mol. The molecule has 0 saturated heterocycles. The standard InChI is InChI=1S/C41H37N4O.C18H24NSi.Ir/c1-22(2)32-21-27-11-8-9-12-28(27)35(24(5)6)37(32)45-38-34(19-17-26-16-15-25(7)42-36(26)38)43-40(45)31-14-10-13-29-30-18-20-33(23(3)4)44-41(30)46-39(29)31;1-14(2)11-16-12-17(15-9-7-6-8-10-15)19-13-18(16)20(3,4)5;/h8-13,15-24H,1-7H3;6-9,12-14H,11H2,1-5H3;/q2*-1;. The predicted molar refractivity (Wildman–Crippen MR) is 280 cm³/mol. The fourth-order valence-electron chi connectivity index (χ4n) is 9.49. The van der Waals surface area contributed by atoms with Crippen LogP contribution < -0.4 is 5.19 Å². The van der Waals surface area contributed by atoms with Gasteiger partial charge >= 0.3 is 0 Å². The Hall–Kier alpha value is -5.79. The summed E-state index contributed by atoms with van der Waals surface area (Å²) in [7, 11) is -1.34. The summed E-state index contributed by atoms with van der Waals surface area (Å²) in [4.78, 5) is 20.1. The van der Waals surface area contributed by atoms with Gasteiger partial charge in [0.1, 0.15) is 0 Å². The Morgan fingerprint density at radius 2 is 1.45 bits per heavy atom. The summed E-state index contributed by atoms with van der Waals surface area (Å²) in [5.74, 6) is 2.27. The SMILES string of the molecule is CC(C)Cc1cc(-c2[c-]cccc2)ncc1[Si](C)(C)C.Cc1ccc2ccc3nc(-c4[c-]ccc5c4oc4nc(C(C)C)ccc45)n(-c4c(C(C)C)cc5ccccc5c4C(C)C)c3c2n1.[Ir]. The van der Waals surface area contributed by atoms with Crippen LogP contribution in [-0.2, 0) is 26.5 Å². The van der Waals surface area contributed by atoms with Crippen molar-refractivity contribution >= 4 is 68.0 Å². The van der Waals surface area contributed by atoms with Crippen LogP contribution >= 0.6 is 0 Å². The molecule has 8 heteroatoms. The Morgan fingerprint density at radius 1 is 0.687 bits per heavy atom. The molecule has 0 aliphatic carbocycles. The van der Waals surface area contributed by atoms with E-state index in [-0.39, 0.29) is 31.9 Å². The van der Waals surface area contributed by atoms with Gasteiger partial charge in [-0.1, -0.05) is 134 Å². The molecule has 5 aromatic carbocycles. The van der Waals surface area contributed by atoms with Gasteiger partial charge in [-0.25, -0.2) is 4.98 Å².